The van der Waals surface area contributed by atoms with Crippen molar-refractivity contribution in [3.63, 3.8) is 0 Å². The van der Waals surface area contributed by atoms with Crippen LogP contribution in [0.5, 0.6) is 5.75 Å². The predicted molar refractivity (Wildman–Crippen MR) is 92.4 cm³/mol. The molecule has 0 amide bonds. The number of aromatic hydroxyl groups is 1. The third-order valence-corrected chi connectivity index (χ3v) is 4.32. The highest BCUT2D eigenvalue weighted by atomic mass is 16.3. The molecule has 1 unspecified atom stereocenters. The minimum Gasteiger partial charge on any atom is -0.507 e. The zero-order valence-corrected chi connectivity index (χ0v) is 13.6. The van der Waals surface area contributed by atoms with E-state index < -0.39 is 0 Å². The van der Waals surface area contributed by atoms with Crippen LogP contribution in [0.2, 0.25) is 0 Å². The fourth-order valence-corrected chi connectivity index (χ4v) is 2.98. The number of Topliss-reactive ketones (excluding diaryl/α,β-unsaturated/α-hetero) is 1. The second-order valence-electron chi connectivity index (χ2n) is 5.99. The number of benzene rings is 2. The van der Waals surface area contributed by atoms with Crippen molar-refractivity contribution in [2.45, 2.75) is 58.3 Å². The SMILES string of the molecule is CCCCC(=O)C(CCCC)c1ccc2ccccc2c1O. The molecule has 0 aliphatic carbocycles. The fraction of sp³-hybridized carbons (Fsp3) is 0.450. The van der Waals surface area contributed by atoms with Gasteiger partial charge in [0.15, 0.2) is 0 Å². The number of phenols is 1. The zero-order chi connectivity index (χ0) is 15.9. The summed E-state index contributed by atoms with van der Waals surface area (Å²) in [7, 11) is 0. The molecular formula is C20H26O2. The summed E-state index contributed by atoms with van der Waals surface area (Å²) in [6, 6.07) is 11.7. The van der Waals surface area contributed by atoms with Crippen molar-refractivity contribution in [1.29, 1.82) is 0 Å². The maximum absolute atomic E-state index is 12.6. The Bertz CT molecular complexity index is 631. The van der Waals surface area contributed by atoms with E-state index in [2.05, 4.69) is 13.8 Å². The molecule has 2 aromatic rings. The molecule has 0 heterocycles. The first-order valence-corrected chi connectivity index (χ1v) is 8.42. The van der Waals surface area contributed by atoms with Crippen molar-refractivity contribution in [3.05, 3.63) is 42.0 Å². The Kier molecular flexibility index (Phi) is 6.00. The molecule has 2 aromatic carbocycles. The molecule has 0 spiro atoms. The van der Waals surface area contributed by atoms with Gasteiger partial charge in [0.05, 0.1) is 0 Å². The second kappa shape index (κ2) is 7.98. The molecule has 2 nitrogen and oxygen atoms in total. The maximum atomic E-state index is 12.6. The summed E-state index contributed by atoms with van der Waals surface area (Å²) >= 11 is 0. The summed E-state index contributed by atoms with van der Waals surface area (Å²) in [5, 5.41) is 12.5. The monoisotopic (exact) mass is 298 g/mol. The van der Waals surface area contributed by atoms with Crippen LogP contribution in [0.15, 0.2) is 36.4 Å². The van der Waals surface area contributed by atoms with Gasteiger partial charge in [-0.3, -0.25) is 4.79 Å². The van der Waals surface area contributed by atoms with Gasteiger partial charge in [0, 0.05) is 23.3 Å². The largest absolute Gasteiger partial charge is 0.507 e. The van der Waals surface area contributed by atoms with Gasteiger partial charge in [0.1, 0.15) is 11.5 Å². The molecule has 1 N–H and O–H groups in total. The van der Waals surface area contributed by atoms with Crippen LogP contribution in [-0.4, -0.2) is 10.9 Å². The van der Waals surface area contributed by atoms with E-state index in [-0.39, 0.29) is 17.5 Å². The lowest BCUT2D eigenvalue weighted by atomic mass is 9.86. The zero-order valence-electron chi connectivity index (χ0n) is 13.6. The molecule has 118 valence electrons. The third-order valence-electron chi connectivity index (χ3n) is 4.32. The summed E-state index contributed by atoms with van der Waals surface area (Å²) in [6.45, 7) is 4.23. The lowest BCUT2D eigenvalue weighted by Gasteiger charge is -2.18. The van der Waals surface area contributed by atoms with Crippen molar-refractivity contribution >= 4 is 16.6 Å². The molecule has 0 aliphatic rings. The number of rotatable bonds is 8. The van der Waals surface area contributed by atoms with Gasteiger partial charge in [0.2, 0.25) is 0 Å². The van der Waals surface area contributed by atoms with E-state index in [0.29, 0.717) is 6.42 Å². The van der Waals surface area contributed by atoms with Crippen molar-refractivity contribution < 1.29 is 9.90 Å². The first-order chi connectivity index (χ1) is 10.7. The van der Waals surface area contributed by atoms with Crippen LogP contribution in [0.4, 0.5) is 0 Å². The molecule has 0 saturated carbocycles. The number of hydrogen-bond acceptors (Lipinski definition) is 2. The quantitative estimate of drug-likeness (QED) is 0.691. The number of ketones is 1. The van der Waals surface area contributed by atoms with Crippen LogP contribution >= 0.6 is 0 Å². The van der Waals surface area contributed by atoms with Crippen LogP contribution in [0.3, 0.4) is 0 Å². The Morgan fingerprint density at radius 1 is 1.05 bits per heavy atom. The minimum atomic E-state index is -0.170. The Morgan fingerprint density at radius 3 is 2.50 bits per heavy atom. The summed E-state index contributed by atoms with van der Waals surface area (Å²) in [5.41, 5.74) is 0.799. The van der Waals surface area contributed by atoms with E-state index in [4.69, 9.17) is 0 Å². The molecule has 2 rings (SSSR count). The summed E-state index contributed by atoms with van der Waals surface area (Å²) in [4.78, 5) is 12.6. The molecule has 0 aliphatic heterocycles. The Balaban J connectivity index is 2.37. The van der Waals surface area contributed by atoms with Crippen molar-refractivity contribution in [3.8, 4) is 5.75 Å². The van der Waals surface area contributed by atoms with E-state index in [1.165, 1.54) is 0 Å². The fourth-order valence-electron chi connectivity index (χ4n) is 2.98. The van der Waals surface area contributed by atoms with Crippen LogP contribution in [0, 0.1) is 0 Å². The molecular weight excluding hydrogens is 272 g/mol. The van der Waals surface area contributed by atoms with Gasteiger partial charge >= 0.3 is 0 Å². The number of phenolic OH excluding ortho intramolecular Hbond substituents is 1. The van der Waals surface area contributed by atoms with Crippen LogP contribution < -0.4 is 0 Å². The normalized spacial score (nSPS) is 12.5. The number of hydrogen-bond donors (Lipinski definition) is 1. The topological polar surface area (TPSA) is 37.3 Å². The summed E-state index contributed by atoms with van der Waals surface area (Å²) in [6.07, 6.45) is 5.45. The van der Waals surface area contributed by atoms with Crippen molar-refractivity contribution in [1.82, 2.24) is 0 Å². The smallest absolute Gasteiger partial charge is 0.140 e. The average Bonchev–Trinajstić information content (AvgIpc) is 2.55. The first kappa shape index (κ1) is 16.5. The third kappa shape index (κ3) is 3.68. The predicted octanol–water partition coefficient (Wildman–Crippen LogP) is 5.58. The molecule has 2 heteroatoms. The van der Waals surface area contributed by atoms with Gasteiger partial charge < -0.3 is 5.11 Å². The van der Waals surface area contributed by atoms with Crippen LogP contribution in [0.1, 0.15) is 63.9 Å². The van der Waals surface area contributed by atoms with Gasteiger partial charge in [-0.15, -0.1) is 0 Å². The average molecular weight is 298 g/mol. The van der Waals surface area contributed by atoms with Gasteiger partial charge in [-0.2, -0.15) is 0 Å². The Labute approximate surface area is 133 Å². The van der Waals surface area contributed by atoms with Crippen LogP contribution in [-0.2, 0) is 4.79 Å². The van der Waals surface area contributed by atoms with E-state index in [1.807, 2.05) is 36.4 Å². The van der Waals surface area contributed by atoms with E-state index >= 15 is 0 Å². The van der Waals surface area contributed by atoms with Crippen molar-refractivity contribution in [2.75, 3.05) is 0 Å². The molecule has 0 saturated heterocycles. The van der Waals surface area contributed by atoms with Gasteiger partial charge in [-0.25, -0.2) is 0 Å². The molecule has 22 heavy (non-hydrogen) atoms. The van der Waals surface area contributed by atoms with E-state index in [1.54, 1.807) is 0 Å². The second-order valence-corrected chi connectivity index (χ2v) is 5.99. The number of carbonyl (C=O) groups excluding carboxylic acids is 1. The molecule has 1 atom stereocenters. The van der Waals surface area contributed by atoms with E-state index in [0.717, 1.165) is 48.4 Å². The lowest BCUT2D eigenvalue weighted by molar-refractivity contribution is -0.120. The lowest BCUT2D eigenvalue weighted by Crippen LogP contribution is -2.13. The van der Waals surface area contributed by atoms with Crippen LogP contribution in [0.25, 0.3) is 10.8 Å². The number of fused-ring (bicyclic) bond motifs is 1. The van der Waals surface area contributed by atoms with Crippen molar-refractivity contribution in [2.24, 2.45) is 0 Å². The first-order valence-electron chi connectivity index (χ1n) is 8.42. The summed E-state index contributed by atoms with van der Waals surface area (Å²) in [5.74, 6) is 0.376. The highest BCUT2D eigenvalue weighted by Gasteiger charge is 2.23. The van der Waals surface area contributed by atoms with E-state index in [9.17, 15) is 9.90 Å². The number of unbranched alkanes of at least 4 members (excludes halogenated alkanes) is 2. The van der Waals surface area contributed by atoms with Gasteiger partial charge in [-0.1, -0.05) is 69.5 Å². The van der Waals surface area contributed by atoms with Gasteiger partial charge in [-0.05, 0) is 18.2 Å². The van der Waals surface area contributed by atoms with Gasteiger partial charge in [0.25, 0.3) is 0 Å². The number of carbonyl (C=O) groups is 1. The molecule has 0 fully saturated rings. The highest BCUT2D eigenvalue weighted by Crippen LogP contribution is 2.36. The standard InChI is InChI=1S/C20H26O2/c1-3-5-10-17(19(21)12-6-4-2)18-14-13-15-9-7-8-11-16(15)20(18)22/h7-9,11,13-14,17,22H,3-6,10,12H2,1-2H3. The Hall–Kier alpha value is -1.83. The molecule has 0 aromatic heterocycles. The maximum Gasteiger partial charge on any atom is 0.140 e. The molecule has 0 radical (unpaired) electrons. The Morgan fingerprint density at radius 2 is 1.77 bits per heavy atom. The minimum absolute atomic E-state index is 0.170. The summed E-state index contributed by atoms with van der Waals surface area (Å²) < 4.78 is 0. The molecule has 0 bridgehead atoms. The highest BCUT2D eigenvalue weighted by molar-refractivity contribution is 5.93.